The van der Waals surface area contributed by atoms with Crippen LogP contribution in [0, 0.1) is 11.3 Å². The van der Waals surface area contributed by atoms with Crippen LogP contribution in [-0.4, -0.2) is 22.4 Å². The molecular weight excluding hydrogens is 218 g/mol. The number of hydrogen-bond donors (Lipinski definition) is 0. The van der Waals surface area contributed by atoms with Crippen molar-refractivity contribution >= 4 is 5.78 Å². The van der Waals surface area contributed by atoms with Crippen LogP contribution in [0.1, 0.15) is 25.5 Å². The Balaban J connectivity index is 2.29. The summed E-state index contributed by atoms with van der Waals surface area (Å²) in [5, 5.41) is 8.52. The molecule has 5 heteroatoms. The Morgan fingerprint density at radius 3 is 2.82 bits per heavy atom. The molecule has 0 bridgehead atoms. The summed E-state index contributed by atoms with van der Waals surface area (Å²) in [7, 11) is 0. The lowest BCUT2D eigenvalue weighted by atomic mass is 10.1. The number of carbonyl (C=O) groups excluding carboxylic acids is 1. The van der Waals surface area contributed by atoms with Crippen molar-refractivity contribution < 1.29 is 9.53 Å². The van der Waals surface area contributed by atoms with E-state index < -0.39 is 0 Å². The molecule has 17 heavy (non-hydrogen) atoms. The molecule has 0 aliphatic heterocycles. The number of allylic oxidation sites excluding steroid dienone is 1. The third-order valence-corrected chi connectivity index (χ3v) is 2.11. The molecule has 0 aliphatic rings. The van der Waals surface area contributed by atoms with Crippen molar-refractivity contribution in [1.29, 1.82) is 5.26 Å². The van der Waals surface area contributed by atoms with Gasteiger partial charge in [-0.25, -0.2) is 9.97 Å². The van der Waals surface area contributed by atoms with E-state index in [1.807, 2.05) is 6.07 Å². The van der Waals surface area contributed by atoms with Gasteiger partial charge in [0.2, 0.25) is 5.88 Å². The molecule has 0 amide bonds. The van der Waals surface area contributed by atoms with E-state index in [9.17, 15) is 4.79 Å². The van der Waals surface area contributed by atoms with Gasteiger partial charge in [0.1, 0.15) is 6.07 Å². The molecule has 0 spiro atoms. The lowest BCUT2D eigenvalue weighted by Crippen LogP contribution is -2.02. The van der Waals surface area contributed by atoms with Crippen LogP contribution in [-0.2, 0) is 4.79 Å². The first kappa shape index (κ1) is 12.8. The van der Waals surface area contributed by atoms with E-state index in [0.29, 0.717) is 30.9 Å². The third-order valence-electron chi connectivity index (χ3n) is 2.11. The highest BCUT2D eigenvalue weighted by Gasteiger charge is 2.01. The molecule has 0 aromatic carbocycles. The van der Waals surface area contributed by atoms with Crippen LogP contribution in [0.3, 0.4) is 0 Å². The van der Waals surface area contributed by atoms with Crippen LogP contribution in [0.15, 0.2) is 24.5 Å². The summed E-state index contributed by atoms with van der Waals surface area (Å²) in [4.78, 5) is 18.6. The predicted molar refractivity (Wildman–Crippen MR) is 61.3 cm³/mol. The fraction of sp³-hybridized carbons (Fsp3) is 0.333. The fourth-order valence-corrected chi connectivity index (χ4v) is 1.09. The van der Waals surface area contributed by atoms with Gasteiger partial charge < -0.3 is 4.74 Å². The number of ketones is 1. The number of aromatic nitrogens is 2. The summed E-state index contributed by atoms with van der Waals surface area (Å²) in [6.07, 6.45) is 4.06. The van der Waals surface area contributed by atoms with E-state index in [2.05, 4.69) is 16.5 Å². The molecule has 0 aliphatic carbocycles. The van der Waals surface area contributed by atoms with Crippen LogP contribution in [0.25, 0.3) is 0 Å². The number of nitriles is 1. The molecule has 0 saturated heterocycles. The topological polar surface area (TPSA) is 75.9 Å². The highest BCUT2D eigenvalue weighted by molar-refractivity contribution is 5.92. The molecule has 1 heterocycles. The van der Waals surface area contributed by atoms with Gasteiger partial charge in [-0.05, 0) is 25.3 Å². The minimum absolute atomic E-state index is 0.00293. The maximum absolute atomic E-state index is 10.9. The van der Waals surface area contributed by atoms with Crippen LogP contribution in [0.5, 0.6) is 5.88 Å². The maximum atomic E-state index is 10.9. The minimum atomic E-state index is 0.00293. The highest BCUT2D eigenvalue weighted by atomic mass is 16.5. The predicted octanol–water partition coefficient (Wildman–Crippen LogP) is 1.65. The second-order valence-electron chi connectivity index (χ2n) is 3.46. The Morgan fingerprint density at radius 1 is 1.53 bits per heavy atom. The maximum Gasteiger partial charge on any atom is 0.232 e. The molecule has 1 aromatic heterocycles. The normalized spacial score (nSPS) is 9.41. The standard InChI is InChI=1S/C12H13N3O2/c1-9(10(2)16)4-3-5-17-12-8-14-11(6-13)7-15-12/h7-8H,1,3-5H2,2H3. The molecule has 5 nitrogen and oxygen atoms in total. The van der Waals surface area contributed by atoms with Gasteiger partial charge in [-0.15, -0.1) is 0 Å². The van der Waals surface area contributed by atoms with Crippen LogP contribution >= 0.6 is 0 Å². The zero-order chi connectivity index (χ0) is 12.7. The molecule has 0 radical (unpaired) electrons. The van der Waals surface area contributed by atoms with E-state index in [1.165, 1.54) is 19.3 Å². The van der Waals surface area contributed by atoms with Gasteiger partial charge in [-0.3, -0.25) is 4.79 Å². The summed E-state index contributed by atoms with van der Waals surface area (Å²) in [5.74, 6) is 0.376. The van der Waals surface area contributed by atoms with Gasteiger partial charge in [0.15, 0.2) is 11.5 Å². The van der Waals surface area contributed by atoms with Crippen molar-refractivity contribution in [3.63, 3.8) is 0 Å². The van der Waals surface area contributed by atoms with E-state index in [-0.39, 0.29) is 11.5 Å². The number of hydrogen-bond acceptors (Lipinski definition) is 5. The van der Waals surface area contributed by atoms with Crippen LogP contribution < -0.4 is 4.74 Å². The Bertz CT molecular complexity index is 446. The van der Waals surface area contributed by atoms with Crippen molar-refractivity contribution in [2.45, 2.75) is 19.8 Å². The average Bonchev–Trinajstić information content (AvgIpc) is 2.35. The van der Waals surface area contributed by atoms with Crippen LogP contribution in [0.2, 0.25) is 0 Å². The molecule has 0 N–H and O–H groups in total. The smallest absolute Gasteiger partial charge is 0.232 e. The van der Waals surface area contributed by atoms with E-state index in [0.717, 1.165) is 0 Å². The van der Waals surface area contributed by atoms with Crippen molar-refractivity contribution in [3.8, 4) is 11.9 Å². The summed E-state index contributed by atoms with van der Waals surface area (Å²) in [6.45, 7) is 5.59. The number of carbonyl (C=O) groups is 1. The quantitative estimate of drug-likeness (QED) is 0.549. The summed E-state index contributed by atoms with van der Waals surface area (Å²) in [6, 6.07) is 1.87. The molecule has 0 fully saturated rings. The number of nitrogens with zero attached hydrogens (tertiary/aromatic N) is 3. The SMILES string of the molecule is C=C(CCCOc1cnc(C#N)cn1)C(C)=O. The summed E-state index contributed by atoms with van der Waals surface area (Å²) >= 11 is 0. The molecular formula is C12H13N3O2. The molecule has 0 saturated carbocycles. The third kappa shape index (κ3) is 4.43. The number of Topliss-reactive ketones (excluding diaryl/α,β-unsaturated/α-hetero) is 1. The van der Waals surface area contributed by atoms with Crippen molar-refractivity contribution in [2.75, 3.05) is 6.61 Å². The molecule has 0 atom stereocenters. The van der Waals surface area contributed by atoms with Crippen LogP contribution in [0.4, 0.5) is 0 Å². The molecule has 88 valence electrons. The first-order valence-corrected chi connectivity index (χ1v) is 5.17. The van der Waals surface area contributed by atoms with Gasteiger partial charge in [-0.1, -0.05) is 6.58 Å². The average molecular weight is 231 g/mol. The van der Waals surface area contributed by atoms with Gasteiger partial charge in [0.05, 0.1) is 19.0 Å². The van der Waals surface area contributed by atoms with E-state index in [1.54, 1.807) is 0 Å². The number of rotatable bonds is 6. The lowest BCUT2D eigenvalue weighted by Gasteiger charge is -2.04. The number of ether oxygens (including phenoxy) is 1. The lowest BCUT2D eigenvalue weighted by molar-refractivity contribution is -0.113. The Hall–Kier alpha value is -2.22. The van der Waals surface area contributed by atoms with Gasteiger partial charge in [0, 0.05) is 0 Å². The largest absolute Gasteiger partial charge is 0.477 e. The van der Waals surface area contributed by atoms with Crippen molar-refractivity contribution in [1.82, 2.24) is 9.97 Å². The van der Waals surface area contributed by atoms with Crippen molar-refractivity contribution in [3.05, 3.63) is 30.2 Å². The first-order valence-electron chi connectivity index (χ1n) is 5.17. The second-order valence-corrected chi connectivity index (χ2v) is 3.46. The van der Waals surface area contributed by atoms with Gasteiger partial charge >= 0.3 is 0 Å². The monoisotopic (exact) mass is 231 g/mol. The zero-order valence-electron chi connectivity index (χ0n) is 9.64. The minimum Gasteiger partial charge on any atom is -0.477 e. The zero-order valence-corrected chi connectivity index (χ0v) is 9.64. The van der Waals surface area contributed by atoms with Crippen molar-refractivity contribution in [2.24, 2.45) is 0 Å². The summed E-state index contributed by atoms with van der Waals surface area (Å²) < 4.78 is 5.30. The fourth-order valence-electron chi connectivity index (χ4n) is 1.09. The van der Waals surface area contributed by atoms with Gasteiger partial charge in [0.25, 0.3) is 0 Å². The Kier molecular flexibility index (Phi) is 4.82. The second kappa shape index (κ2) is 6.38. The summed E-state index contributed by atoms with van der Waals surface area (Å²) in [5.41, 5.74) is 0.849. The molecule has 0 unspecified atom stereocenters. The van der Waals surface area contributed by atoms with Gasteiger partial charge in [-0.2, -0.15) is 5.26 Å². The molecule has 1 aromatic rings. The highest BCUT2D eigenvalue weighted by Crippen LogP contribution is 2.07. The van der Waals surface area contributed by atoms with E-state index in [4.69, 9.17) is 10.00 Å². The van der Waals surface area contributed by atoms with E-state index >= 15 is 0 Å². The molecule has 1 rings (SSSR count). The first-order chi connectivity index (χ1) is 8.13. The Labute approximate surface area is 99.8 Å². The Morgan fingerprint density at radius 2 is 2.29 bits per heavy atom.